The Kier molecular flexibility index (Phi) is 4.53. The molecule has 0 unspecified atom stereocenters. The SMILES string of the molecule is COc1cc2oc3cc4c(c(O)c3c(=O)c2c(CC=C(C)C)c1O)C=CC(C)(C)O4. The number of allylic oxidation sites excluding steroid dienone is 2. The van der Waals surface area contributed by atoms with Crippen LogP contribution < -0.4 is 14.9 Å². The van der Waals surface area contributed by atoms with Crippen molar-refractivity contribution in [2.75, 3.05) is 7.11 Å². The summed E-state index contributed by atoms with van der Waals surface area (Å²) in [5, 5.41) is 21.9. The van der Waals surface area contributed by atoms with E-state index >= 15 is 0 Å². The molecule has 0 saturated heterocycles. The van der Waals surface area contributed by atoms with Crippen molar-refractivity contribution in [1.29, 1.82) is 0 Å². The summed E-state index contributed by atoms with van der Waals surface area (Å²) in [5.74, 6) is 0.333. The highest BCUT2D eigenvalue weighted by Crippen LogP contribution is 2.43. The fraction of sp³-hybridized carbons (Fsp3) is 0.292. The molecular formula is C24H24O6. The molecular weight excluding hydrogens is 384 g/mol. The summed E-state index contributed by atoms with van der Waals surface area (Å²) in [6.45, 7) is 7.66. The van der Waals surface area contributed by atoms with E-state index in [9.17, 15) is 15.0 Å². The summed E-state index contributed by atoms with van der Waals surface area (Å²) in [7, 11) is 1.44. The Hall–Kier alpha value is -3.41. The fourth-order valence-corrected chi connectivity index (χ4v) is 3.69. The predicted molar refractivity (Wildman–Crippen MR) is 117 cm³/mol. The highest BCUT2D eigenvalue weighted by molar-refractivity contribution is 5.99. The van der Waals surface area contributed by atoms with Crippen LogP contribution in [0.4, 0.5) is 0 Å². The molecule has 1 aliphatic heterocycles. The average molecular weight is 408 g/mol. The molecule has 2 aromatic carbocycles. The summed E-state index contributed by atoms with van der Waals surface area (Å²) in [5.41, 5.74) is 1.37. The lowest BCUT2D eigenvalue weighted by atomic mass is 9.97. The van der Waals surface area contributed by atoms with E-state index in [4.69, 9.17) is 13.9 Å². The number of hydrogen-bond acceptors (Lipinski definition) is 6. The zero-order valence-corrected chi connectivity index (χ0v) is 17.6. The first kappa shape index (κ1) is 19.9. The van der Waals surface area contributed by atoms with Crippen molar-refractivity contribution >= 4 is 28.0 Å². The van der Waals surface area contributed by atoms with Crippen LogP contribution in [-0.2, 0) is 6.42 Å². The summed E-state index contributed by atoms with van der Waals surface area (Å²) in [6, 6.07) is 3.10. The zero-order chi connectivity index (χ0) is 21.8. The van der Waals surface area contributed by atoms with Gasteiger partial charge in [-0.3, -0.25) is 4.79 Å². The topological polar surface area (TPSA) is 89.1 Å². The molecule has 0 radical (unpaired) electrons. The molecule has 0 bridgehead atoms. The number of methoxy groups -OCH3 is 1. The van der Waals surface area contributed by atoms with Gasteiger partial charge in [0.15, 0.2) is 11.5 Å². The normalized spacial score (nSPS) is 14.4. The molecule has 4 rings (SSSR count). The first-order valence-corrected chi connectivity index (χ1v) is 9.70. The number of rotatable bonds is 3. The average Bonchev–Trinajstić information content (AvgIpc) is 2.66. The van der Waals surface area contributed by atoms with Crippen LogP contribution in [0, 0.1) is 0 Å². The van der Waals surface area contributed by atoms with Crippen LogP contribution in [0.3, 0.4) is 0 Å². The standard InChI is InChI=1S/C24H24O6/c1-12(2)6-7-14-19-16(11-18(28-5)21(14)25)29-17-10-15-13(8-9-24(3,4)30-15)22(26)20(17)23(19)27/h6,8-11,25-26H,7H2,1-5H3. The van der Waals surface area contributed by atoms with Gasteiger partial charge in [0.2, 0.25) is 5.43 Å². The van der Waals surface area contributed by atoms with Crippen LogP contribution in [0.15, 0.2) is 39.1 Å². The predicted octanol–water partition coefficient (Wildman–Crippen LogP) is 5.06. The minimum absolute atomic E-state index is 0.0530. The van der Waals surface area contributed by atoms with Crippen molar-refractivity contribution in [3.8, 4) is 23.0 Å². The number of ether oxygens (including phenoxy) is 2. The van der Waals surface area contributed by atoms with Crippen LogP contribution in [-0.4, -0.2) is 22.9 Å². The van der Waals surface area contributed by atoms with Crippen LogP contribution in [0.5, 0.6) is 23.0 Å². The van der Waals surface area contributed by atoms with Crippen molar-refractivity contribution in [2.24, 2.45) is 0 Å². The molecule has 0 fully saturated rings. The van der Waals surface area contributed by atoms with Gasteiger partial charge in [0.05, 0.1) is 18.1 Å². The Labute approximate surface area is 173 Å². The van der Waals surface area contributed by atoms with Crippen LogP contribution in [0.1, 0.15) is 38.8 Å². The largest absolute Gasteiger partial charge is 0.506 e. The molecule has 0 spiro atoms. The maximum atomic E-state index is 13.5. The van der Waals surface area contributed by atoms with Crippen molar-refractivity contribution in [3.63, 3.8) is 0 Å². The Balaban J connectivity index is 2.12. The van der Waals surface area contributed by atoms with Crippen molar-refractivity contribution in [2.45, 2.75) is 39.7 Å². The molecule has 3 aromatic rings. The van der Waals surface area contributed by atoms with Crippen molar-refractivity contribution < 1.29 is 24.1 Å². The van der Waals surface area contributed by atoms with Gasteiger partial charge in [-0.15, -0.1) is 0 Å². The van der Waals surface area contributed by atoms with E-state index in [-0.39, 0.29) is 39.2 Å². The van der Waals surface area contributed by atoms with E-state index < -0.39 is 11.0 Å². The minimum Gasteiger partial charge on any atom is -0.506 e. The quantitative estimate of drug-likeness (QED) is 0.465. The van der Waals surface area contributed by atoms with Crippen molar-refractivity contribution in [3.05, 3.63) is 51.2 Å². The van der Waals surface area contributed by atoms with Gasteiger partial charge < -0.3 is 24.1 Å². The Bertz CT molecular complexity index is 1300. The number of phenols is 2. The highest BCUT2D eigenvalue weighted by Gasteiger charge is 2.27. The van der Waals surface area contributed by atoms with Crippen molar-refractivity contribution in [1.82, 2.24) is 0 Å². The van der Waals surface area contributed by atoms with Gasteiger partial charge in [0, 0.05) is 17.7 Å². The summed E-state index contributed by atoms with van der Waals surface area (Å²) < 4.78 is 17.2. The monoisotopic (exact) mass is 408 g/mol. The van der Waals surface area contributed by atoms with E-state index in [1.54, 1.807) is 12.1 Å². The Morgan fingerprint density at radius 2 is 1.83 bits per heavy atom. The van der Waals surface area contributed by atoms with Crippen LogP contribution >= 0.6 is 0 Å². The summed E-state index contributed by atoms with van der Waals surface area (Å²) in [4.78, 5) is 13.5. The number of benzene rings is 2. The molecule has 30 heavy (non-hydrogen) atoms. The molecule has 6 heteroatoms. The number of hydrogen-bond donors (Lipinski definition) is 2. The Morgan fingerprint density at radius 3 is 2.50 bits per heavy atom. The second kappa shape index (κ2) is 6.83. The maximum absolute atomic E-state index is 13.5. The van der Waals surface area contributed by atoms with E-state index in [0.717, 1.165) is 5.57 Å². The molecule has 0 saturated carbocycles. The molecule has 2 N–H and O–H groups in total. The summed E-state index contributed by atoms with van der Waals surface area (Å²) in [6.07, 6.45) is 5.79. The molecule has 6 nitrogen and oxygen atoms in total. The second-order valence-corrected chi connectivity index (χ2v) is 8.24. The maximum Gasteiger partial charge on any atom is 0.204 e. The van der Waals surface area contributed by atoms with Gasteiger partial charge in [-0.25, -0.2) is 0 Å². The second-order valence-electron chi connectivity index (χ2n) is 8.24. The van der Waals surface area contributed by atoms with E-state index in [1.165, 1.54) is 13.2 Å². The third kappa shape index (κ3) is 3.09. The summed E-state index contributed by atoms with van der Waals surface area (Å²) >= 11 is 0. The third-order valence-electron chi connectivity index (χ3n) is 5.23. The van der Waals surface area contributed by atoms with E-state index in [2.05, 4.69) is 0 Å². The lowest BCUT2D eigenvalue weighted by Gasteiger charge is -2.28. The molecule has 1 aromatic heterocycles. The van der Waals surface area contributed by atoms with Gasteiger partial charge >= 0.3 is 0 Å². The van der Waals surface area contributed by atoms with Crippen LogP contribution in [0.25, 0.3) is 28.0 Å². The smallest absolute Gasteiger partial charge is 0.204 e. The molecule has 1 aliphatic rings. The molecule has 0 atom stereocenters. The van der Waals surface area contributed by atoms with Crippen LogP contribution in [0.2, 0.25) is 0 Å². The van der Waals surface area contributed by atoms with Gasteiger partial charge in [-0.05, 0) is 46.3 Å². The molecule has 2 heterocycles. The van der Waals surface area contributed by atoms with Gasteiger partial charge in [0.25, 0.3) is 0 Å². The third-order valence-corrected chi connectivity index (χ3v) is 5.23. The molecule has 156 valence electrons. The lowest BCUT2D eigenvalue weighted by Crippen LogP contribution is -2.27. The first-order chi connectivity index (χ1) is 14.1. The number of phenolic OH excluding ortho intramolecular Hbond substituents is 2. The highest BCUT2D eigenvalue weighted by atomic mass is 16.5. The fourth-order valence-electron chi connectivity index (χ4n) is 3.69. The number of fused-ring (bicyclic) bond motifs is 3. The Morgan fingerprint density at radius 1 is 1.13 bits per heavy atom. The molecule has 0 amide bonds. The van der Waals surface area contributed by atoms with Gasteiger partial charge in [-0.2, -0.15) is 0 Å². The number of aromatic hydroxyl groups is 2. The van der Waals surface area contributed by atoms with E-state index in [0.29, 0.717) is 23.3 Å². The van der Waals surface area contributed by atoms with E-state index in [1.807, 2.05) is 39.8 Å². The lowest BCUT2D eigenvalue weighted by molar-refractivity contribution is 0.158. The first-order valence-electron chi connectivity index (χ1n) is 9.70. The van der Waals surface area contributed by atoms with Gasteiger partial charge in [0.1, 0.15) is 33.7 Å². The minimum atomic E-state index is -0.545. The molecule has 0 aliphatic carbocycles. The zero-order valence-electron chi connectivity index (χ0n) is 17.6. The van der Waals surface area contributed by atoms with Gasteiger partial charge in [-0.1, -0.05) is 11.6 Å².